The van der Waals surface area contributed by atoms with Gasteiger partial charge in [-0.05, 0) is 25.0 Å². The number of rotatable bonds is 8. The molecule has 1 aliphatic carbocycles. The van der Waals surface area contributed by atoms with E-state index in [4.69, 9.17) is 4.74 Å². The average Bonchev–Trinajstić information content (AvgIpc) is 2.97. The molecule has 1 fully saturated rings. The number of benzene rings is 1. The highest BCUT2D eigenvalue weighted by atomic mass is 16.6. The maximum atomic E-state index is 10.5. The maximum Gasteiger partial charge on any atom is 0.269 e. The number of aliphatic hydroxyl groups excluding tert-OH is 1. The van der Waals surface area contributed by atoms with Gasteiger partial charge in [-0.25, -0.2) is 0 Å². The normalized spacial score (nSPS) is 16.8. The first kappa shape index (κ1) is 15.7. The fraction of sp³-hybridized carbons (Fsp3) is 0.600. The van der Waals surface area contributed by atoms with Gasteiger partial charge in [-0.2, -0.15) is 0 Å². The lowest BCUT2D eigenvalue weighted by Gasteiger charge is -2.26. The van der Waals surface area contributed by atoms with Crippen molar-refractivity contribution in [3.63, 3.8) is 0 Å². The fourth-order valence-electron chi connectivity index (χ4n) is 2.77. The van der Waals surface area contributed by atoms with Gasteiger partial charge in [0.05, 0.1) is 4.92 Å². The predicted molar refractivity (Wildman–Crippen MR) is 79.4 cm³/mol. The van der Waals surface area contributed by atoms with Gasteiger partial charge >= 0.3 is 0 Å². The Hall–Kier alpha value is -1.66. The van der Waals surface area contributed by atoms with Crippen LogP contribution in [0.5, 0.6) is 5.75 Å². The Morgan fingerprint density at radius 1 is 1.29 bits per heavy atom. The molecule has 0 aromatic heterocycles. The van der Waals surface area contributed by atoms with Crippen LogP contribution in [0.25, 0.3) is 0 Å². The van der Waals surface area contributed by atoms with Crippen LogP contribution in [0.1, 0.15) is 25.7 Å². The van der Waals surface area contributed by atoms with Crippen LogP contribution in [-0.4, -0.2) is 36.3 Å². The van der Waals surface area contributed by atoms with E-state index in [1.54, 1.807) is 12.1 Å². The highest BCUT2D eigenvalue weighted by molar-refractivity contribution is 5.35. The largest absolute Gasteiger partial charge is 0.492 e. The van der Waals surface area contributed by atoms with Gasteiger partial charge < -0.3 is 15.2 Å². The third-order valence-electron chi connectivity index (χ3n) is 4.09. The zero-order chi connectivity index (χ0) is 15.1. The average molecular weight is 294 g/mol. The van der Waals surface area contributed by atoms with Crippen LogP contribution >= 0.6 is 0 Å². The Bertz CT molecular complexity index is 455. The second kappa shape index (κ2) is 7.38. The predicted octanol–water partition coefficient (Wildman–Crippen LogP) is 2.12. The molecule has 0 amide bonds. The minimum Gasteiger partial charge on any atom is -0.492 e. The summed E-state index contributed by atoms with van der Waals surface area (Å²) < 4.78 is 5.52. The number of nitrogens with one attached hydrogen (secondary N) is 1. The molecule has 1 aliphatic rings. The van der Waals surface area contributed by atoms with Gasteiger partial charge in [0.25, 0.3) is 5.69 Å². The van der Waals surface area contributed by atoms with Crippen LogP contribution in [-0.2, 0) is 0 Å². The van der Waals surface area contributed by atoms with Gasteiger partial charge in [0.2, 0.25) is 0 Å². The Kier molecular flexibility index (Phi) is 5.52. The van der Waals surface area contributed by atoms with E-state index >= 15 is 0 Å². The first-order valence-corrected chi connectivity index (χ1v) is 7.34. The Morgan fingerprint density at radius 2 is 1.95 bits per heavy atom. The zero-order valence-electron chi connectivity index (χ0n) is 12.1. The van der Waals surface area contributed by atoms with E-state index in [-0.39, 0.29) is 17.7 Å². The summed E-state index contributed by atoms with van der Waals surface area (Å²) in [7, 11) is 0. The molecule has 1 aromatic rings. The lowest BCUT2D eigenvalue weighted by Crippen LogP contribution is -2.36. The fourth-order valence-corrected chi connectivity index (χ4v) is 2.77. The summed E-state index contributed by atoms with van der Waals surface area (Å²) in [5.41, 5.74) is 0.111. The smallest absolute Gasteiger partial charge is 0.269 e. The SMILES string of the molecule is O=[N+]([O-])c1ccc(OCCNCC2(CO)CCCC2)cc1. The Labute approximate surface area is 124 Å². The van der Waals surface area contributed by atoms with Gasteiger partial charge in [0, 0.05) is 37.2 Å². The molecule has 0 atom stereocenters. The van der Waals surface area contributed by atoms with Gasteiger partial charge in [0.15, 0.2) is 0 Å². The summed E-state index contributed by atoms with van der Waals surface area (Å²) in [6, 6.07) is 6.07. The van der Waals surface area contributed by atoms with E-state index in [0.29, 0.717) is 18.9 Å². The molecule has 0 unspecified atom stereocenters. The number of hydrogen-bond donors (Lipinski definition) is 2. The monoisotopic (exact) mass is 294 g/mol. The van der Waals surface area contributed by atoms with E-state index in [1.165, 1.54) is 25.0 Å². The van der Waals surface area contributed by atoms with Gasteiger partial charge in [-0.3, -0.25) is 10.1 Å². The van der Waals surface area contributed by atoms with Crippen molar-refractivity contribution in [1.29, 1.82) is 0 Å². The van der Waals surface area contributed by atoms with Crippen LogP contribution < -0.4 is 10.1 Å². The minimum absolute atomic E-state index is 0.0490. The molecular formula is C15H22N2O4. The van der Waals surface area contributed by atoms with Crippen molar-refractivity contribution >= 4 is 5.69 Å². The minimum atomic E-state index is -0.429. The summed E-state index contributed by atoms with van der Waals surface area (Å²) >= 11 is 0. The molecule has 0 heterocycles. The van der Waals surface area contributed by atoms with E-state index in [1.807, 2.05) is 0 Å². The number of nitro groups is 1. The number of nitro benzene ring substituents is 1. The first-order valence-electron chi connectivity index (χ1n) is 7.34. The molecule has 0 radical (unpaired) electrons. The lowest BCUT2D eigenvalue weighted by atomic mass is 9.87. The Balaban J connectivity index is 1.66. The third kappa shape index (κ3) is 4.41. The number of nitrogens with zero attached hydrogens (tertiary/aromatic N) is 1. The van der Waals surface area contributed by atoms with E-state index in [2.05, 4.69) is 5.32 Å². The van der Waals surface area contributed by atoms with Gasteiger partial charge in [0.1, 0.15) is 12.4 Å². The van der Waals surface area contributed by atoms with Crippen molar-refractivity contribution in [2.75, 3.05) is 26.3 Å². The number of ether oxygens (including phenoxy) is 1. The van der Waals surface area contributed by atoms with Gasteiger partial charge in [-0.15, -0.1) is 0 Å². The summed E-state index contributed by atoms with van der Waals surface area (Å²) in [5, 5.41) is 23.4. The summed E-state index contributed by atoms with van der Waals surface area (Å²) in [6.07, 6.45) is 4.56. The molecule has 2 rings (SSSR count). The van der Waals surface area contributed by atoms with Gasteiger partial charge in [-0.1, -0.05) is 12.8 Å². The molecule has 6 nitrogen and oxygen atoms in total. The molecule has 0 spiro atoms. The molecule has 0 saturated heterocycles. The number of aliphatic hydroxyl groups is 1. The quantitative estimate of drug-likeness (QED) is 0.436. The highest BCUT2D eigenvalue weighted by Crippen LogP contribution is 2.36. The molecule has 21 heavy (non-hydrogen) atoms. The first-order chi connectivity index (χ1) is 10.2. The van der Waals surface area contributed by atoms with Crippen molar-refractivity contribution in [2.45, 2.75) is 25.7 Å². The van der Waals surface area contributed by atoms with Crippen LogP contribution in [0.3, 0.4) is 0 Å². The van der Waals surface area contributed by atoms with Crippen molar-refractivity contribution in [2.24, 2.45) is 5.41 Å². The summed E-state index contributed by atoms with van der Waals surface area (Å²) in [5.74, 6) is 0.625. The number of non-ortho nitro benzene ring substituents is 1. The molecule has 0 bridgehead atoms. The molecule has 0 aliphatic heterocycles. The van der Waals surface area contributed by atoms with E-state index < -0.39 is 4.92 Å². The lowest BCUT2D eigenvalue weighted by molar-refractivity contribution is -0.384. The standard InChI is InChI=1S/C15H22N2O4/c18-12-15(7-1-2-8-15)11-16-9-10-21-14-5-3-13(4-6-14)17(19)20/h3-6,16,18H,1-2,7-12H2. The maximum absolute atomic E-state index is 10.5. The van der Waals surface area contributed by atoms with Crippen LogP contribution in [0, 0.1) is 15.5 Å². The molecule has 1 aromatic carbocycles. The highest BCUT2D eigenvalue weighted by Gasteiger charge is 2.32. The van der Waals surface area contributed by atoms with Crippen molar-refractivity contribution in [3.05, 3.63) is 34.4 Å². The van der Waals surface area contributed by atoms with E-state index in [0.717, 1.165) is 19.4 Å². The van der Waals surface area contributed by atoms with Crippen LogP contribution in [0.2, 0.25) is 0 Å². The summed E-state index contributed by atoms with van der Waals surface area (Å²) in [6.45, 7) is 2.24. The summed E-state index contributed by atoms with van der Waals surface area (Å²) in [4.78, 5) is 10.1. The second-order valence-electron chi connectivity index (χ2n) is 5.64. The third-order valence-corrected chi connectivity index (χ3v) is 4.09. The van der Waals surface area contributed by atoms with Crippen LogP contribution in [0.15, 0.2) is 24.3 Å². The topological polar surface area (TPSA) is 84.6 Å². The molecule has 116 valence electrons. The van der Waals surface area contributed by atoms with E-state index in [9.17, 15) is 15.2 Å². The molecular weight excluding hydrogens is 272 g/mol. The van der Waals surface area contributed by atoms with Crippen molar-refractivity contribution in [1.82, 2.24) is 5.32 Å². The van der Waals surface area contributed by atoms with Crippen molar-refractivity contribution < 1.29 is 14.8 Å². The zero-order valence-corrected chi connectivity index (χ0v) is 12.1. The van der Waals surface area contributed by atoms with Crippen LogP contribution in [0.4, 0.5) is 5.69 Å². The van der Waals surface area contributed by atoms with Crippen molar-refractivity contribution in [3.8, 4) is 5.75 Å². The molecule has 2 N–H and O–H groups in total. The molecule has 1 saturated carbocycles. The Morgan fingerprint density at radius 3 is 2.52 bits per heavy atom. The second-order valence-corrected chi connectivity index (χ2v) is 5.64. The number of hydrogen-bond acceptors (Lipinski definition) is 5. The molecule has 6 heteroatoms.